The van der Waals surface area contributed by atoms with Gasteiger partial charge in [-0.1, -0.05) is 44.2 Å². The van der Waals surface area contributed by atoms with Crippen LogP contribution in [0.2, 0.25) is 0 Å². The van der Waals surface area contributed by atoms with Crippen molar-refractivity contribution in [1.29, 1.82) is 0 Å². The minimum atomic E-state index is -0.0874. The normalized spacial score (nSPS) is 14.2. The van der Waals surface area contributed by atoms with E-state index in [0.29, 0.717) is 32.0 Å². The van der Waals surface area contributed by atoms with Gasteiger partial charge < -0.3 is 20.1 Å². The number of hydrogen-bond donors (Lipinski definition) is 2. The van der Waals surface area contributed by atoms with Gasteiger partial charge in [0.2, 0.25) is 0 Å². The fraction of sp³-hybridized carbons (Fsp3) is 0.381. The summed E-state index contributed by atoms with van der Waals surface area (Å²) in [6.07, 6.45) is 0.902. The smallest absolute Gasteiger partial charge is 0.317 e. The lowest BCUT2D eigenvalue weighted by Gasteiger charge is -2.28. The Balaban J connectivity index is 1.58. The monoisotopic (exact) mass is 354 g/mol. The van der Waals surface area contributed by atoms with Crippen molar-refractivity contribution in [1.82, 2.24) is 10.2 Å². The fourth-order valence-electron chi connectivity index (χ4n) is 3.17. The van der Waals surface area contributed by atoms with Crippen LogP contribution in [0.5, 0.6) is 11.5 Å². The Morgan fingerprint density at radius 2 is 2.00 bits per heavy atom. The highest BCUT2D eigenvalue weighted by atomic mass is 16.5. The van der Waals surface area contributed by atoms with Gasteiger partial charge in [0.25, 0.3) is 0 Å². The molecule has 0 fully saturated rings. The van der Waals surface area contributed by atoms with Gasteiger partial charge >= 0.3 is 6.03 Å². The molecule has 1 heterocycles. The molecule has 0 spiro atoms. The summed E-state index contributed by atoms with van der Waals surface area (Å²) in [6, 6.07) is 15.2. The summed E-state index contributed by atoms with van der Waals surface area (Å²) in [6.45, 7) is 6.31. The summed E-state index contributed by atoms with van der Waals surface area (Å²) in [5.74, 6) is 0.814. The van der Waals surface area contributed by atoms with E-state index >= 15 is 0 Å². The first-order chi connectivity index (χ1) is 12.4. The van der Waals surface area contributed by atoms with Crippen LogP contribution in [0.25, 0.3) is 0 Å². The first kappa shape index (κ1) is 18.1. The third-order valence-electron chi connectivity index (χ3n) is 4.56. The SMILES string of the molecule is CC(C)(CNC(=O)N1CCOc2cc(O)ccc2C1)Cc1ccccc1. The second-order valence-electron chi connectivity index (χ2n) is 7.55. The molecule has 2 aromatic carbocycles. The largest absolute Gasteiger partial charge is 0.508 e. The summed E-state index contributed by atoms with van der Waals surface area (Å²) in [5.41, 5.74) is 2.13. The van der Waals surface area contributed by atoms with E-state index in [4.69, 9.17) is 4.74 Å². The van der Waals surface area contributed by atoms with Crippen molar-refractivity contribution in [2.24, 2.45) is 5.41 Å². The van der Waals surface area contributed by atoms with E-state index in [0.717, 1.165) is 12.0 Å². The average molecular weight is 354 g/mol. The van der Waals surface area contributed by atoms with E-state index in [2.05, 4.69) is 31.3 Å². The Labute approximate surface area is 154 Å². The molecule has 2 N–H and O–H groups in total. The molecule has 2 aromatic rings. The average Bonchev–Trinajstić information content (AvgIpc) is 2.82. The summed E-state index contributed by atoms with van der Waals surface area (Å²) in [5, 5.41) is 12.6. The number of carbonyl (C=O) groups excluding carboxylic acids is 1. The molecule has 26 heavy (non-hydrogen) atoms. The molecule has 0 radical (unpaired) electrons. The summed E-state index contributed by atoms with van der Waals surface area (Å²) >= 11 is 0. The zero-order valence-corrected chi connectivity index (χ0v) is 15.4. The topological polar surface area (TPSA) is 61.8 Å². The van der Waals surface area contributed by atoms with Crippen molar-refractivity contribution in [3.63, 3.8) is 0 Å². The highest BCUT2D eigenvalue weighted by molar-refractivity contribution is 5.74. The quantitative estimate of drug-likeness (QED) is 0.882. The van der Waals surface area contributed by atoms with Gasteiger partial charge in [0.05, 0.1) is 13.1 Å². The zero-order chi connectivity index (χ0) is 18.6. The molecule has 0 bridgehead atoms. The molecule has 3 rings (SSSR count). The van der Waals surface area contributed by atoms with E-state index in [1.165, 1.54) is 5.56 Å². The Morgan fingerprint density at radius 3 is 2.77 bits per heavy atom. The number of amides is 2. The lowest BCUT2D eigenvalue weighted by Crippen LogP contribution is -2.44. The standard InChI is InChI=1S/C21H26N2O3/c1-21(2,13-16-6-4-3-5-7-16)15-22-20(25)23-10-11-26-19-12-18(24)9-8-17(19)14-23/h3-9,12,24H,10-11,13-15H2,1-2H3,(H,22,25). The Kier molecular flexibility index (Phi) is 5.35. The number of phenolic OH excluding ortho intramolecular Hbond substituents is 1. The summed E-state index contributed by atoms with van der Waals surface area (Å²) < 4.78 is 5.65. The molecule has 0 saturated heterocycles. The van der Waals surface area contributed by atoms with E-state index in [-0.39, 0.29) is 17.2 Å². The second kappa shape index (κ2) is 7.68. The highest BCUT2D eigenvalue weighted by Crippen LogP contribution is 2.27. The van der Waals surface area contributed by atoms with Gasteiger partial charge in [0.15, 0.2) is 0 Å². The number of nitrogens with zero attached hydrogens (tertiary/aromatic N) is 1. The number of urea groups is 1. The molecule has 5 nitrogen and oxygen atoms in total. The molecular formula is C21H26N2O3. The minimum absolute atomic E-state index is 0.0386. The number of carbonyl (C=O) groups is 1. The summed E-state index contributed by atoms with van der Waals surface area (Å²) in [4.78, 5) is 14.4. The van der Waals surface area contributed by atoms with Gasteiger partial charge in [-0.15, -0.1) is 0 Å². The molecule has 138 valence electrons. The van der Waals surface area contributed by atoms with E-state index in [1.54, 1.807) is 23.1 Å². The van der Waals surface area contributed by atoms with Crippen molar-refractivity contribution >= 4 is 6.03 Å². The maximum Gasteiger partial charge on any atom is 0.317 e. The number of hydrogen-bond acceptors (Lipinski definition) is 3. The lowest BCUT2D eigenvalue weighted by molar-refractivity contribution is 0.182. The van der Waals surface area contributed by atoms with Gasteiger partial charge in [0, 0.05) is 18.2 Å². The van der Waals surface area contributed by atoms with E-state index < -0.39 is 0 Å². The number of aromatic hydroxyl groups is 1. The molecule has 1 aliphatic rings. The molecule has 2 amide bonds. The van der Waals surface area contributed by atoms with Crippen molar-refractivity contribution in [2.45, 2.75) is 26.8 Å². The second-order valence-corrected chi connectivity index (χ2v) is 7.55. The predicted octanol–water partition coefficient (Wildman–Crippen LogP) is 3.57. The van der Waals surface area contributed by atoms with Crippen molar-refractivity contribution in [2.75, 3.05) is 19.7 Å². The molecule has 0 aromatic heterocycles. The lowest BCUT2D eigenvalue weighted by atomic mass is 9.86. The van der Waals surface area contributed by atoms with E-state index in [9.17, 15) is 9.90 Å². The van der Waals surface area contributed by atoms with E-state index in [1.807, 2.05) is 18.2 Å². The van der Waals surface area contributed by atoms with Crippen LogP contribution in [0, 0.1) is 5.41 Å². The predicted molar refractivity (Wildman–Crippen MR) is 101 cm³/mol. The maximum absolute atomic E-state index is 12.6. The van der Waals surface area contributed by atoms with Gasteiger partial charge in [-0.3, -0.25) is 0 Å². The van der Waals surface area contributed by atoms with Crippen LogP contribution in [0.3, 0.4) is 0 Å². The number of rotatable bonds is 4. The molecule has 0 unspecified atom stereocenters. The molecule has 0 atom stereocenters. The zero-order valence-electron chi connectivity index (χ0n) is 15.4. The van der Waals surface area contributed by atoms with Crippen LogP contribution < -0.4 is 10.1 Å². The van der Waals surface area contributed by atoms with Gasteiger partial charge in [0.1, 0.15) is 18.1 Å². The molecule has 0 saturated carbocycles. The van der Waals surface area contributed by atoms with Gasteiger partial charge in [-0.05, 0) is 29.5 Å². The Bertz CT molecular complexity index is 759. The third kappa shape index (κ3) is 4.69. The van der Waals surface area contributed by atoms with Crippen LogP contribution >= 0.6 is 0 Å². The highest BCUT2D eigenvalue weighted by Gasteiger charge is 2.23. The van der Waals surface area contributed by atoms with Crippen LogP contribution in [0.4, 0.5) is 4.79 Å². The number of nitrogens with one attached hydrogen (secondary N) is 1. The van der Waals surface area contributed by atoms with Crippen LogP contribution in [-0.2, 0) is 13.0 Å². The Hall–Kier alpha value is -2.69. The summed E-state index contributed by atoms with van der Waals surface area (Å²) in [7, 11) is 0. The molecule has 0 aliphatic carbocycles. The minimum Gasteiger partial charge on any atom is -0.508 e. The van der Waals surface area contributed by atoms with Crippen molar-refractivity contribution < 1.29 is 14.6 Å². The van der Waals surface area contributed by atoms with Gasteiger partial charge in [-0.25, -0.2) is 4.79 Å². The Morgan fingerprint density at radius 1 is 1.23 bits per heavy atom. The first-order valence-electron chi connectivity index (χ1n) is 8.94. The van der Waals surface area contributed by atoms with Crippen molar-refractivity contribution in [3.8, 4) is 11.5 Å². The van der Waals surface area contributed by atoms with Crippen LogP contribution in [-0.4, -0.2) is 35.7 Å². The van der Waals surface area contributed by atoms with Crippen LogP contribution in [0.15, 0.2) is 48.5 Å². The molecular weight excluding hydrogens is 328 g/mol. The van der Waals surface area contributed by atoms with Crippen molar-refractivity contribution in [3.05, 3.63) is 59.7 Å². The number of phenols is 1. The number of benzene rings is 2. The van der Waals surface area contributed by atoms with Crippen LogP contribution in [0.1, 0.15) is 25.0 Å². The first-order valence-corrected chi connectivity index (χ1v) is 8.94. The number of fused-ring (bicyclic) bond motifs is 1. The fourth-order valence-corrected chi connectivity index (χ4v) is 3.17. The van der Waals surface area contributed by atoms with Gasteiger partial charge in [-0.2, -0.15) is 0 Å². The molecule has 1 aliphatic heterocycles. The maximum atomic E-state index is 12.6. The number of ether oxygens (including phenoxy) is 1. The molecule has 5 heteroatoms. The third-order valence-corrected chi connectivity index (χ3v) is 4.56.